The van der Waals surface area contributed by atoms with Gasteiger partial charge in [-0.3, -0.25) is 37.3 Å². The number of hydrogen-bond acceptors (Lipinski definition) is 15. The number of aliphatic hydroxyl groups excluding tert-OH is 1. The highest BCUT2D eigenvalue weighted by Crippen LogP contribution is 2.45. The van der Waals surface area contributed by atoms with Crippen molar-refractivity contribution in [2.75, 3.05) is 39.6 Å². The molecule has 0 aliphatic carbocycles. The smallest absolute Gasteiger partial charge is 0.462 e. The Balaban J connectivity index is 5.22. The van der Waals surface area contributed by atoms with Crippen molar-refractivity contribution in [1.29, 1.82) is 0 Å². The Kier molecular flexibility index (Phi) is 57.1. The standard InChI is InChI=1S/C66H128O17P2/c1-7-10-12-14-16-17-18-21-24-32-38-44-50-65(70)82-61(54-76-63(68)48-42-36-28-15-13-11-8-2)56-80-84(72,73)78-52-60(67)53-79-85(74,75)81-57-62(55-77-64(69)49-43-37-31-27-26-30-35-41-47-59(6)9-3)83-66(71)51-45-39-33-25-22-19-20-23-29-34-40-46-58(4)5/h58-62,67H,7-57H2,1-6H3,(H,72,73)(H,74,75)/t59?,60-,61+,62+/m0/s1. The number of unbranched alkanes of at least 4 members (excludes halogenated alkanes) is 34. The van der Waals surface area contributed by atoms with Crippen LogP contribution in [0.3, 0.4) is 0 Å². The Morgan fingerprint density at radius 1 is 0.341 bits per heavy atom. The highest BCUT2D eigenvalue weighted by Gasteiger charge is 2.30. The fourth-order valence-electron chi connectivity index (χ4n) is 9.85. The van der Waals surface area contributed by atoms with Gasteiger partial charge >= 0.3 is 39.5 Å². The van der Waals surface area contributed by atoms with E-state index in [1.165, 1.54) is 135 Å². The predicted molar refractivity (Wildman–Crippen MR) is 340 cm³/mol. The van der Waals surface area contributed by atoms with Crippen LogP contribution in [0.4, 0.5) is 0 Å². The lowest BCUT2D eigenvalue weighted by molar-refractivity contribution is -0.161. The predicted octanol–water partition coefficient (Wildman–Crippen LogP) is 18.4. The van der Waals surface area contributed by atoms with Gasteiger partial charge in [-0.05, 0) is 37.5 Å². The zero-order valence-corrected chi connectivity index (χ0v) is 56.7. The summed E-state index contributed by atoms with van der Waals surface area (Å²) in [6.45, 7) is 9.48. The molecule has 85 heavy (non-hydrogen) atoms. The molecule has 3 unspecified atom stereocenters. The lowest BCUT2D eigenvalue weighted by Crippen LogP contribution is -2.30. The molecule has 0 amide bonds. The first kappa shape index (κ1) is 83.1. The van der Waals surface area contributed by atoms with Crippen LogP contribution in [0.1, 0.15) is 330 Å². The minimum Gasteiger partial charge on any atom is -0.462 e. The summed E-state index contributed by atoms with van der Waals surface area (Å²) in [7, 11) is -9.89. The molecular formula is C66H128O17P2. The van der Waals surface area contributed by atoms with E-state index in [4.69, 9.17) is 37.0 Å². The number of ether oxygens (including phenoxy) is 4. The van der Waals surface area contributed by atoms with Crippen LogP contribution in [-0.4, -0.2) is 96.7 Å². The average molecular weight is 1260 g/mol. The summed E-state index contributed by atoms with van der Waals surface area (Å²) >= 11 is 0. The largest absolute Gasteiger partial charge is 0.472 e. The van der Waals surface area contributed by atoms with Crippen molar-refractivity contribution in [3.05, 3.63) is 0 Å². The van der Waals surface area contributed by atoms with E-state index in [9.17, 15) is 43.2 Å². The molecule has 0 aliphatic rings. The van der Waals surface area contributed by atoms with Crippen molar-refractivity contribution in [1.82, 2.24) is 0 Å². The van der Waals surface area contributed by atoms with Crippen LogP contribution in [0, 0.1) is 11.8 Å². The zero-order valence-electron chi connectivity index (χ0n) is 54.9. The molecule has 0 radical (unpaired) electrons. The molecule has 0 bridgehead atoms. The van der Waals surface area contributed by atoms with Gasteiger partial charge in [-0.15, -0.1) is 0 Å². The maximum Gasteiger partial charge on any atom is 0.472 e. The molecule has 3 N–H and O–H groups in total. The van der Waals surface area contributed by atoms with Gasteiger partial charge in [0.15, 0.2) is 12.2 Å². The number of esters is 4. The van der Waals surface area contributed by atoms with Gasteiger partial charge in [0.05, 0.1) is 26.4 Å². The van der Waals surface area contributed by atoms with Gasteiger partial charge in [-0.25, -0.2) is 9.13 Å². The quantitative estimate of drug-likeness (QED) is 0.0222. The van der Waals surface area contributed by atoms with Crippen molar-refractivity contribution in [3.8, 4) is 0 Å². The van der Waals surface area contributed by atoms with E-state index < -0.39 is 97.5 Å². The number of carbonyl (C=O) groups excluding carboxylic acids is 4. The Hall–Kier alpha value is -1.94. The van der Waals surface area contributed by atoms with Crippen molar-refractivity contribution >= 4 is 39.5 Å². The van der Waals surface area contributed by atoms with Crippen molar-refractivity contribution in [2.45, 2.75) is 349 Å². The maximum atomic E-state index is 13.0. The molecule has 0 aromatic carbocycles. The second-order valence-corrected chi connectivity index (χ2v) is 27.5. The summed E-state index contributed by atoms with van der Waals surface area (Å²) in [6, 6.07) is 0. The Morgan fingerprint density at radius 3 is 0.894 bits per heavy atom. The SMILES string of the molecule is CCCCCCCCCCCCCCC(=O)O[C@H](COC(=O)CCCCCCCCC)COP(=O)(O)OC[C@H](O)COP(=O)(O)OC[C@@H](COC(=O)CCCCCCCCCCC(C)CC)OC(=O)CCCCCCCCCCCCCC(C)C. The molecule has 504 valence electrons. The number of rotatable bonds is 65. The third-order valence-electron chi connectivity index (χ3n) is 15.6. The van der Waals surface area contributed by atoms with Crippen LogP contribution in [0.25, 0.3) is 0 Å². The number of phosphoric acid groups is 2. The Morgan fingerprint density at radius 2 is 0.600 bits per heavy atom. The minimum atomic E-state index is -4.95. The normalized spacial score (nSPS) is 14.6. The van der Waals surface area contributed by atoms with Gasteiger partial charge in [0.1, 0.15) is 19.3 Å². The van der Waals surface area contributed by atoms with Crippen LogP contribution in [0.5, 0.6) is 0 Å². The van der Waals surface area contributed by atoms with Crippen LogP contribution < -0.4 is 0 Å². The first-order chi connectivity index (χ1) is 40.9. The van der Waals surface area contributed by atoms with E-state index in [1.54, 1.807) is 0 Å². The van der Waals surface area contributed by atoms with Crippen LogP contribution >= 0.6 is 15.6 Å². The molecule has 0 saturated carbocycles. The van der Waals surface area contributed by atoms with E-state index in [2.05, 4.69) is 41.5 Å². The van der Waals surface area contributed by atoms with Crippen LogP contribution in [-0.2, 0) is 65.4 Å². The van der Waals surface area contributed by atoms with Gasteiger partial charge < -0.3 is 33.8 Å². The second kappa shape index (κ2) is 58.4. The molecular weight excluding hydrogens is 1130 g/mol. The summed E-state index contributed by atoms with van der Waals surface area (Å²) in [6.07, 6.45) is 41.6. The lowest BCUT2D eigenvalue weighted by Gasteiger charge is -2.21. The van der Waals surface area contributed by atoms with E-state index >= 15 is 0 Å². The lowest BCUT2D eigenvalue weighted by atomic mass is 9.99. The molecule has 0 aliphatic heterocycles. The van der Waals surface area contributed by atoms with E-state index in [-0.39, 0.29) is 25.7 Å². The van der Waals surface area contributed by atoms with E-state index in [1.807, 2.05) is 0 Å². The average Bonchev–Trinajstić information content (AvgIpc) is 3.56. The van der Waals surface area contributed by atoms with Gasteiger partial charge in [-0.1, -0.05) is 279 Å². The molecule has 6 atom stereocenters. The number of phosphoric ester groups is 2. The molecule has 17 nitrogen and oxygen atoms in total. The molecule has 0 fully saturated rings. The molecule has 0 spiro atoms. The Labute approximate surface area is 517 Å². The van der Waals surface area contributed by atoms with E-state index in [0.717, 1.165) is 115 Å². The maximum absolute atomic E-state index is 13.0. The number of hydrogen-bond donors (Lipinski definition) is 3. The van der Waals surface area contributed by atoms with Crippen LogP contribution in [0.2, 0.25) is 0 Å². The van der Waals surface area contributed by atoms with Gasteiger partial charge in [0, 0.05) is 25.7 Å². The number of aliphatic hydroxyl groups is 1. The minimum absolute atomic E-state index is 0.106. The van der Waals surface area contributed by atoms with Gasteiger partial charge in [0.2, 0.25) is 0 Å². The monoisotopic (exact) mass is 1250 g/mol. The van der Waals surface area contributed by atoms with E-state index in [0.29, 0.717) is 25.7 Å². The summed E-state index contributed by atoms with van der Waals surface area (Å²) in [5, 5.41) is 10.5. The molecule has 0 rings (SSSR count). The molecule has 0 saturated heterocycles. The Bertz CT molecular complexity index is 1670. The highest BCUT2D eigenvalue weighted by atomic mass is 31.2. The topological polar surface area (TPSA) is 237 Å². The fourth-order valence-corrected chi connectivity index (χ4v) is 11.4. The highest BCUT2D eigenvalue weighted by molar-refractivity contribution is 7.47. The molecule has 0 aromatic rings. The summed E-state index contributed by atoms with van der Waals surface area (Å²) in [5.74, 6) is -0.591. The molecule has 0 heterocycles. The summed E-state index contributed by atoms with van der Waals surface area (Å²) < 4.78 is 68.0. The molecule has 19 heteroatoms. The van der Waals surface area contributed by atoms with Crippen molar-refractivity contribution in [2.24, 2.45) is 11.8 Å². The third kappa shape index (κ3) is 59.5. The summed E-state index contributed by atoms with van der Waals surface area (Å²) in [5.41, 5.74) is 0. The number of carbonyl (C=O) groups is 4. The third-order valence-corrected chi connectivity index (χ3v) is 17.5. The fraction of sp³-hybridized carbons (Fsp3) is 0.939. The first-order valence-corrected chi connectivity index (χ1v) is 37.5. The van der Waals surface area contributed by atoms with Crippen molar-refractivity contribution in [3.63, 3.8) is 0 Å². The van der Waals surface area contributed by atoms with Gasteiger partial charge in [-0.2, -0.15) is 0 Å². The van der Waals surface area contributed by atoms with Gasteiger partial charge in [0.25, 0.3) is 0 Å². The summed E-state index contributed by atoms with van der Waals surface area (Å²) in [4.78, 5) is 72.2. The first-order valence-electron chi connectivity index (χ1n) is 34.5. The second-order valence-electron chi connectivity index (χ2n) is 24.6. The molecule has 0 aromatic heterocycles. The van der Waals surface area contributed by atoms with Crippen LogP contribution in [0.15, 0.2) is 0 Å². The van der Waals surface area contributed by atoms with Crippen molar-refractivity contribution < 1.29 is 80.2 Å². The zero-order chi connectivity index (χ0) is 62.9.